The minimum absolute atomic E-state index is 0.0283. The number of halogens is 3. The Morgan fingerprint density at radius 3 is 2.67 bits per heavy atom. The molecular weight excluding hydrogens is 283 g/mol. The normalized spacial score (nSPS) is 11.9. The first-order valence-corrected chi connectivity index (χ1v) is 6.41. The van der Waals surface area contributed by atoms with Gasteiger partial charge in [0.25, 0.3) is 0 Å². The van der Waals surface area contributed by atoms with Crippen LogP contribution in [0.1, 0.15) is 19.4 Å². The predicted molar refractivity (Wildman–Crippen MR) is 74.1 cm³/mol. The minimum atomic E-state index is -4.41. The number of aromatic nitrogens is 3. The van der Waals surface area contributed by atoms with Crippen LogP contribution in [0.2, 0.25) is 0 Å². The Balaban J connectivity index is 2.30. The van der Waals surface area contributed by atoms with E-state index in [4.69, 9.17) is 5.73 Å². The zero-order valence-corrected chi connectivity index (χ0v) is 11.6. The molecule has 8 heteroatoms. The number of nitrogen functional groups attached to an aromatic ring is 1. The van der Waals surface area contributed by atoms with E-state index in [9.17, 15) is 13.2 Å². The number of anilines is 2. The third kappa shape index (κ3) is 3.65. The third-order valence-corrected chi connectivity index (χ3v) is 2.72. The van der Waals surface area contributed by atoms with Crippen LogP contribution in [0, 0.1) is 5.92 Å². The van der Waals surface area contributed by atoms with Gasteiger partial charge >= 0.3 is 6.18 Å². The molecule has 0 aliphatic rings. The molecular formula is C13H16F3N5. The Labute approximate surface area is 120 Å². The molecule has 1 aromatic heterocycles. The van der Waals surface area contributed by atoms with Crippen molar-refractivity contribution in [1.29, 1.82) is 0 Å². The van der Waals surface area contributed by atoms with E-state index in [1.807, 2.05) is 13.8 Å². The summed E-state index contributed by atoms with van der Waals surface area (Å²) in [7, 11) is 0. The van der Waals surface area contributed by atoms with Gasteiger partial charge in [-0.2, -0.15) is 22.8 Å². The molecule has 2 aromatic rings. The molecule has 1 aromatic carbocycles. The smallest absolute Gasteiger partial charge is 0.368 e. The Kier molecular flexibility index (Phi) is 4.06. The summed E-state index contributed by atoms with van der Waals surface area (Å²) in [6, 6.07) is 4.78. The van der Waals surface area contributed by atoms with Gasteiger partial charge in [-0.15, -0.1) is 5.10 Å². The van der Waals surface area contributed by atoms with E-state index in [-0.39, 0.29) is 11.6 Å². The van der Waals surface area contributed by atoms with Gasteiger partial charge in [-0.3, -0.25) is 0 Å². The van der Waals surface area contributed by atoms with E-state index in [1.54, 1.807) is 0 Å². The Hall–Kier alpha value is -2.25. The van der Waals surface area contributed by atoms with Crippen molar-refractivity contribution >= 4 is 11.9 Å². The fourth-order valence-electron chi connectivity index (χ4n) is 1.70. The summed E-state index contributed by atoms with van der Waals surface area (Å²) in [6.07, 6.45) is -4.41. The summed E-state index contributed by atoms with van der Waals surface area (Å²) in [4.78, 5) is 3.99. The van der Waals surface area contributed by atoms with Crippen LogP contribution < -0.4 is 11.1 Å². The van der Waals surface area contributed by atoms with Gasteiger partial charge in [-0.05, 0) is 24.1 Å². The van der Waals surface area contributed by atoms with Crippen LogP contribution in [0.4, 0.5) is 25.1 Å². The monoisotopic (exact) mass is 299 g/mol. The molecule has 0 amide bonds. The van der Waals surface area contributed by atoms with E-state index in [2.05, 4.69) is 15.4 Å². The molecule has 0 bridgehead atoms. The number of rotatable bonds is 4. The second-order valence-electron chi connectivity index (χ2n) is 5.03. The van der Waals surface area contributed by atoms with E-state index < -0.39 is 11.7 Å². The average Bonchev–Trinajstić information content (AvgIpc) is 2.77. The van der Waals surface area contributed by atoms with Crippen molar-refractivity contribution in [2.24, 2.45) is 5.92 Å². The van der Waals surface area contributed by atoms with Gasteiger partial charge in [0.15, 0.2) is 0 Å². The molecule has 0 radical (unpaired) electrons. The van der Waals surface area contributed by atoms with Gasteiger partial charge in [0.05, 0.1) is 11.3 Å². The maximum atomic E-state index is 12.7. The second kappa shape index (κ2) is 5.63. The molecule has 0 aliphatic carbocycles. The van der Waals surface area contributed by atoms with Gasteiger partial charge in [-0.25, -0.2) is 0 Å². The summed E-state index contributed by atoms with van der Waals surface area (Å²) in [5, 5.41) is 7.05. The topological polar surface area (TPSA) is 68.8 Å². The summed E-state index contributed by atoms with van der Waals surface area (Å²) in [5.74, 6) is 0.700. The van der Waals surface area contributed by atoms with Crippen molar-refractivity contribution in [2.75, 3.05) is 17.6 Å². The van der Waals surface area contributed by atoms with Crippen LogP contribution in [0.15, 0.2) is 24.3 Å². The van der Waals surface area contributed by atoms with Crippen LogP contribution in [0.25, 0.3) is 5.69 Å². The van der Waals surface area contributed by atoms with Crippen LogP contribution in [0.5, 0.6) is 0 Å². The highest BCUT2D eigenvalue weighted by molar-refractivity contribution is 5.44. The summed E-state index contributed by atoms with van der Waals surface area (Å²) in [5.41, 5.74) is 5.16. The van der Waals surface area contributed by atoms with Crippen LogP contribution >= 0.6 is 0 Å². The number of hydrogen-bond acceptors (Lipinski definition) is 4. The lowest BCUT2D eigenvalue weighted by atomic mass is 10.2. The fraction of sp³-hybridized carbons (Fsp3) is 0.385. The van der Waals surface area contributed by atoms with Crippen molar-refractivity contribution in [3.05, 3.63) is 29.8 Å². The molecule has 21 heavy (non-hydrogen) atoms. The highest BCUT2D eigenvalue weighted by Gasteiger charge is 2.30. The maximum absolute atomic E-state index is 12.7. The van der Waals surface area contributed by atoms with Crippen molar-refractivity contribution in [3.63, 3.8) is 0 Å². The molecule has 114 valence electrons. The highest BCUT2D eigenvalue weighted by atomic mass is 19.4. The van der Waals surface area contributed by atoms with Crippen molar-refractivity contribution in [2.45, 2.75) is 20.0 Å². The maximum Gasteiger partial charge on any atom is 0.416 e. The summed E-state index contributed by atoms with van der Waals surface area (Å²) < 4.78 is 39.3. The molecule has 1 heterocycles. The zero-order chi connectivity index (χ0) is 15.6. The SMILES string of the molecule is CC(C)CNc1nc(N)n(-c2cccc(C(F)(F)F)c2)n1. The van der Waals surface area contributed by atoms with Gasteiger partial charge in [0.2, 0.25) is 11.9 Å². The number of nitrogens with two attached hydrogens (primary N) is 1. The number of alkyl halides is 3. The largest absolute Gasteiger partial charge is 0.416 e. The first kappa shape index (κ1) is 15.1. The van der Waals surface area contributed by atoms with E-state index in [0.29, 0.717) is 18.4 Å². The first-order valence-electron chi connectivity index (χ1n) is 6.41. The highest BCUT2D eigenvalue weighted by Crippen LogP contribution is 2.30. The number of benzene rings is 1. The van der Waals surface area contributed by atoms with E-state index >= 15 is 0 Å². The molecule has 0 spiro atoms. The van der Waals surface area contributed by atoms with Gasteiger partial charge < -0.3 is 11.1 Å². The lowest BCUT2D eigenvalue weighted by molar-refractivity contribution is -0.137. The number of nitrogens with one attached hydrogen (secondary N) is 1. The third-order valence-electron chi connectivity index (χ3n) is 2.72. The Morgan fingerprint density at radius 1 is 1.33 bits per heavy atom. The van der Waals surface area contributed by atoms with Crippen LogP contribution in [-0.2, 0) is 6.18 Å². The van der Waals surface area contributed by atoms with E-state index in [0.717, 1.165) is 12.1 Å². The molecule has 0 atom stereocenters. The predicted octanol–water partition coefficient (Wildman–Crippen LogP) is 2.94. The second-order valence-corrected chi connectivity index (χ2v) is 5.03. The van der Waals surface area contributed by atoms with Gasteiger partial charge in [0.1, 0.15) is 0 Å². The van der Waals surface area contributed by atoms with Gasteiger partial charge in [-0.1, -0.05) is 19.9 Å². The minimum Gasteiger partial charge on any atom is -0.368 e. The molecule has 0 fully saturated rings. The Bertz CT molecular complexity index is 619. The standard InChI is InChI=1S/C13H16F3N5/c1-8(2)7-18-12-19-11(17)21(20-12)10-5-3-4-9(6-10)13(14,15)16/h3-6,8H,7H2,1-2H3,(H3,17,18,19,20). The molecule has 0 saturated heterocycles. The van der Waals surface area contributed by atoms with Crippen molar-refractivity contribution in [1.82, 2.24) is 14.8 Å². The lowest BCUT2D eigenvalue weighted by Crippen LogP contribution is -2.10. The Morgan fingerprint density at radius 2 is 2.05 bits per heavy atom. The number of hydrogen-bond donors (Lipinski definition) is 2. The number of nitrogens with zero attached hydrogens (tertiary/aromatic N) is 3. The lowest BCUT2D eigenvalue weighted by Gasteiger charge is -2.09. The quantitative estimate of drug-likeness (QED) is 0.910. The fourth-order valence-corrected chi connectivity index (χ4v) is 1.70. The molecule has 3 N–H and O–H groups in total. The van der Waals surface area contributed by atoms with Crippen molar-refractivity contribution in [3.8, 4) is 5.69 Å². The van der Waals surface area contributed by atoms with Crippen molar-refractivity contribution < 1.29 is 13.2 Å². The van der Waals surface area contributed by atoms with Crippen LogP contribution in [0.3, 0.4) is 0 Å². The van der Waals surface area contributed by atoms with Gasteiger partial charge in [0, 0.05) is 6.54 Å². The first-order chi connectivity index (χ1) is 9.77. The van der Waals surface area contributed by atoms with Crippen LogP contribution in [-0.4, -0.2) is 21.3 Å². The molecule has 0 unspecified atom stereocenters. The molecule has 5 nitrogen and oxygen atoms in total. The summed E-state index contributed by atoms with van der Waals surface area (Å²) in [6.45, 7) is 4.67. The molecule has 2 rings (SSSR count). The molecule has 0 saturated carbocycles. The molecule has 0 aliphatic heterocycles. The zero-order valence-electron chi connectivity index (χ0n) is 11.6. The average molecular weight is 299 g/mol. The van der Waals surface area contributed by atoms with E-state index in [1.165, 1.54) is 16.8 Å². The summed E-state index contributed by atoms with van der Waals surface area (Å²) >= 11 is 0.